The van der Waals surface area contributed by atoms with Crippen LogP contribution in [0.4, 0.5) is 0 Å². The molecule has 0 spiro atoms. The minimum Gasteiger partial charge on any atom is -0.506 e. The molecule has 1 aromatic rings. The second kappa shape index (κ2) is 2.51. The lowest BCUT2D eigenvalue weighted by Crippen LogP contribution is -1.78. The third-order valence-corrected chi connectivity index (χ3v) is 1.69. The number of phenolic OH excluding ortho intramolecular Hbond substituents is 1. The Morgan fingerprint density at radius 3 is 2.40 bits per heavy atom. The Balaban J connectivity index is 3.31. The van der Waals surface area contributed by atoms with Crippen molar-refractivity contribution in [2.75, 3.05) is 0 Å². The lowest BCUT2D eigenvalue weighted by molar-refractivity contribution is 0.471. The van der Waals surface area contributed by atoms with Crippen molar-refractivity contribution in [3.63, 3.8) is 0 Å². The molecule has 10 heavy (non-hydrogen) atoms. The van der Waals surface area contributed by atoms with Crippen LogP contribution in [0.1, 0.15) is 11.1 Å². The minimum atomic E-state index is 0.187. The van der Waals surface area contributed by atoms with Crippen molar-refractivity contribution in [1.29, 1.82) is 0 Å². The van der Waals surface area contributed by atoms with Crippen molar-refractivity contribution in [2.45, 2.75) is 13.8 Å². The Labute approximate surface area is 65.3 Å². The number of rotatable bonds is 0. The number of hydrogen-bond donors (Lipinski definition) is 1. The van der Waals surface area contributed by atoms with E-state index >= 15 is 0 Å². The maximum absolute atomic E-state index is 9.20. The molecule has 0 aliphatic carbocycles. The standard InChI is InChI=1S/C8H9ClO/c1-5-3-6(2)8(10)7(9)4-5/h3-4,10H,1-2H3. The largest absolute Gasteiger partial charge is 0.506 e. The van der Waals surface area contributed by atoms with E-state index in [1.54, 1.807) is 6.07 Å². The van der Waals surface area contributed by atoms with E-state index in [-0.39, 0.29) is 5.75 Å². The second-order valence-corrected chi connectivity index (χ2v) is 2.82. The molecule has 0 atom stereocenters. The smallest absolute Gasteiger partial charge is 0.137 e. The molecule has 0 heterocycles. The molecule has 0 fully saturated rings. The summed E-state index contributed by atoms with van der Waals surface area (Å²) in [6.07, 6.45) is 0. The molecule has 0 saturated heterocycles. The Morgan fingerprint density at radius 1 is 1.30 bits per heavy atom. The summed E-state index contributed by atoms with van der Waals surface area (Å²) < 4.78 is 0. The van der Waals surface area contributed by atoms with E-state index in [0.29, 0.717) is 5.02 Å². The fraction of sp³-hybridized carbons (Fsp3) is 0.250. The molecule has 2 heteroatoms. The van der Waals surface area contributed by atoms with Gasteiger partial charge in [-0.15, -0.1) is 0 Å². The zero-order chi connectivity index (χ0) is 7.72. The van der Waals surface area contributed by atoms with Crippen molar-refractivity contribution in [1.82, 2.24) is 0 Å². The fourth-order valence-electron chi connectivity index (χ4n) is 0.908. The van der Waals surface area contributed by atoms with Crippen LogP contribution in [-0.2, 0) is 0 Å². The van der Waals surface area contributed by atoms with E-state index in [4.69, 9.17) is 11.6 Å². The van der Waals surface area contributed by atoms with Gasteiger partial charge in [-0.1, -0.05) is 17.7 Å². The molecular formula is C8H9ClO. The van der Waals surface area contributed by atoms with Crippen LogP contribution in [0.25, 0.3) is 0 Å². The topological polar surface area (TPSA) is 20.2 Å². The quantitative estimate of drug-likeness (QED) is 0.613. The lowest BCUT2D eigenvalue weighted by Gasteiger charge is -2.01. The first-order valence-corrected chi connectivity index (χ1v) is 3.45. The minimum absolute atomic E-state index is 0.187. The number of hydrogen-bond acceptors (Lipinski definition) is 1. The Hall–Kier alpha value is -0.690. The van der Waals surface area contributed by atoms with E-state index in [0.717, 1.165) is 11.1 Å². The van der Waals surface area contributed by atoms with Gasteiger partial charge >= 0.3 is 0 Å². The van der Waals surface area contributed by atoms with Gasteiger partial charge in [0.1, 0.15) is 5.75 Å². The van der Waals surface area contributed by atoms with Gasteiger partial charge in [0.25, 0.3) is 0 Å². The summed E-state index contributed by atoms with van der Waals surface area (Å²) in [5, 5.41) is 9.63. The third kappa shape index (κ3) is 1.24. The fourth-order valence-corrected chi connectivity index (χ4v) is 1.23. The van der Waals surface area contributed by atoms with Gasteiger partial charge < -0.3 is 5.11 Å². The molecule has 1 N–H and O–H groups in total. The van der Waals surface area contributed by atoms with Gasteiger partial charge in [-0.3, -0.25) is 0 Å². The van der Waals surface area contributed by atoms with Crippen LogP contribution in [0.15, 0.2) is 12.1 Å². The molecule has 0 unspecified atom stereocenters. The van der Waals surface area contributed by atoms with Gasteiger partial charge in [0.15, 0.2) is 0 Å². The number of aryl methyl sites for hydroxylation is 2. The molecule has 0 aliphatic rings. The van der Waals surface area contributed by atoms with Crippen LogP contribution >= 0.6 is 11.6 Å². The zero-order valence-electron chi connectivity index (χ0n) is 5.98. The summed E-state index contributed by atoms with van der Waals surface area (Å²) in [5.74, 6) is 0.187. The van der Waals surface area contributed by atoms with E-state index in [2.05, 4.69) is 0 Å². The Morgan fingerprint density at radius 2 is 1.90 bits per heavy atom. The Bertz CT molecular complexity index is 232. The van der Waals surface area contributed by atoms with E-state index < -0.39 is 0 Å². The predicted molar refractivity (Wildman–Crippen MR) is 42.6 cm³/mol. The molecule has 54 valence electrons. The van der Waals surface area contributed by atoms with Gasteiger partial charge in [-0.2, -0.15) is 0 Å². The van der Waals surface area contributed by atoms with Gasteiger partial charge in [-0.05, 0) is 31.0 Å². The summed E-state index contributed by atoms with van der Waals surface area (Å²) in [6, 6.07) is 3.63. The molecule has 0 amide bonds. The molecule has 0 aromatic heterocycles. The first-order chi connectivity index (χ1) is 4.61. The number of phenols is 1. The SMILES string of the molecule is Cc1cc(C)c(O)c(Cl)c1. The summed E-state index contributed by atoms with van der Waals surface area (Å²) in [7, 11) is 0. The van der Waals surface area contributed by atoms with Crippen LogP contribution in [0.5, 0.6) is 5.75 Å². The van der Waals surface area contributed by atoms with Gasteiger partial charge in [0.2, 0.25) is 0 Å². The van der Waals surface area contributed by atoms with E-state index in [1.165, 1.54) is 0 Å². The number of halogens is 1. The summed E-state index contributed by atoms with van der Waals surface area (Å²) in [4.78, 5) is 0. The predicted octanol–water partition coefficient (Wildman–Crippen LogP) is 2.66. The average molecular weight is 157 g/mol. The highest BCUT2D eigenvalue weighted by Crippen LogP contribution is 2.27. The summed E-state index contributed by atoms with van der Waals surface area (Å²) in [5.41, 5.74) is 1.89. The molecule has 1 nitrogen and oxygen atoms in total. The highest BCUT2D eigenvalue weighted by molar-refractivity contribution is 6.32. The lowest BCUT2D eigenvalue weighted by atomic mass is 10.1. The van der Waals surface area contributed by atoms with Crippen LogP contribution in [0.2, 0.25) is 5.02 Å². The summed E-state index contributed by atoms with van der Waals surface area (Å²) in [6.45, 7) is 3.77. The van der Waals surface area contributed by atoms with Crippen LogP contribution in [0.3, 0.4) is 0 Å². The van der Waals surface area contributed by atoms with Crippen molar-refractivity contribution >= 4 is 11.6 Å². The molecule has 1 rings (SSSR count). The van der Waals surface area contributed by atoms with Gasteiger partial charge in [0.05, 0.1) is 5.02 Å². The highest BCUT2D eigenvalue weighted by Gasteiger charge is 2.00. The average Bonchev–Trinajstić information content (AvgIpc) is 1.82. The summed E-state index contributed by atoms with van der Waals surface area (Å²) >= 11 is 5.67. The molecule has 0 aliphatic heterocycles. The van der Waals surface area contributed by atoms with Crippen LogP contribution in [0, 0.1) is 13.8 Å². The normalized spacial score (nSPS) is 9.90. The first-order valence-electron chi connectivity index (χ1n) is 3.07. The van der Waals surface area contributed by atoms with E-state index in [1.807, 2.05) is 19.9 Å². The Kier molecular flexibility index (Phi) is 1.86. The van der Waals surface area contributed by atoms with Crippen molar-refractivity contribution in [3.8, 4) is 5.75 Å². The van der Waals surface area contributed by atoms with Gasteiger partial charge in [0, 0.05) is 0 Å². The monoisotopic (exact) mass is 156 g/mol. The molecule has 0 radical (unpaired) electrons. The number of aromatic hydroxyl groups is 1. The molecule has 1 aromatic carbocycles. The molecule has 0 bridgehead atoms. The third-order valence-electron chi connectivity index (χ3n) is 1.40. The van der Waals surface area contributed by atoms with Gasteiger partial charge in [-0.25, -0.2) is 0 Å². The van der Waals surface area contributed by atoms with Crippen LogP contribution in [-0.4, -0.2) is 5.11 Å². The first kappa shape index (κ1) is 7.42. The number of benzene rings is 1. The maximum Gasteiger partial charge on any atom is 0.137 e. The highest BCUT2D eigenvalue weighted by atomic mass is 35.5. The second-order valence-electron chi connectivity index (χ2n) is 2.41. The van der Waals surface area contributed by atoms with E-state index in [9.17, 15) is 5.11 Å². The van der Waals surface area contributed by atoms with Crippen molar-refractivity contribution in [2.24, 2.45) is 0 Å². The van der Waals surface area contributed by atoms with Crippen molar-refractivity contribution in [3.05, 3.63) is 28.3 Å². The molecular weight excluding hydrogens is 148 g/mol. The zero-order valence-corrected chi connectivity index (χ0v) is 6.74. The molecule has 0 saturated carbocycles. The van der Waals surface area contributed by atoms with Crippen molar-refractivity contribution < 1.29 is 5.11 Å². The maximum atomic E-state index is 9.20. The van der Waals surface area contributed by atoms with Crippen LogP contribution < -0.4 is 0 Å².